The molecule has 4 aliphatic rings. The maximum absolute atomic E-state index is 11.9. The van der Waals surface area contributed by atoms with Gasteiger partial charge in [0.25, 0.3) is 0 Å². The van der Waals surface area contributed by atoms with E-state index in [4.69, 9.17) is 11.6 Å². The minimum absolute atomic E-state index is 0.0329. The molecule has 3 aromatic carbocycles. The summed E-state index contributed by atoms with van der Waals surface area (Å²) in [7, 11) is -1.17. The van der Waals surface area contributed by atoms with E-state index in [0.29, 0.717) is 8.65 Å². The molecule has 49 heavy (non-hydrogen) atoms. The van der Waals surface area contributed by atoms with Crippen molar-refractivity contribution in [1.82, 2.24) is 0 Å². The molecule has 2 nitrogen and oxygen atoms in total. The summed E-state index contributed by atoms with van der Waals surface area (Å²) in [6.45, 7) is 28.4. The third-order valence-electron chi connectivity index (χ3n) is 10.1. The van der Waals surface area contributed by atoms with E-state index in [9.17, 15) is 5.11 Å². The second kappa shape index (κ2) is 13.2. The van der Waals surface area contributed by atoms with Gasteiger partial charge in [0.2, 0.25) is 0 Å². The van der Waals surface area contributed by atoms with E-state index in [1.165, 1.54) is 50.4 Å². The zero-order valence-corrected chi connectivity index (χ0v) is 36.0. The number of halogens is 1. The molecule has 0 fully saturated rings. The average Bonchev–Trinajstić information content (AvgIpc) is 3.60. The fourth-order valence-corrected chi connectivity index (χ4v) is 12.2. The zero-order chi connectivity index (χ0) is 36.4. The SMILES string of the molecule is CC(C)(C)c1ccc([O-])c(C(C)(C)C)c1Cl.CC1=Cc2c(-c3ccc(C(C)(C)C)cc3)cccc2[CH]1[Zr+].CC1=NC2=CC=C3C2=C1[Si]3(C)C. The number of benzene rings is 3. The first-order chi connectivity index (χ1) is 22.5. The summed E-state index contributed by atoms with van der Waals surface area (Å²) < 4.78 is 0.640. The maximum atomic E-state index is 11.9. The van der Waals surface area contributed by atoms with Crippen molar-refractivity contribution in [2.45, 2.75) is 109 Å². The molecule has 1 atom stereocenters. The predicted molar refractivity (Wildman–Crippen MR) is 209 cm³/mol. The molecule has 7 rings (SSSR count). The largest absolute Gasteiger partial charge is 0.253 e. The normalized spacial score (nSPS) is 18.5. The zero-order valence-electron chi connectivity index (χ0n) is 31.7. The molecule has 0 radical (unpaired) electrons. The van der Waals surface area contributed by atoms with Crippen LogP contribution >= 0.6 is 11.6 Å². The molecule has 5 heteroatoms. The van der Waals surface area contributed by atoms with Crippen molar-refractivity contribution in [3.05, 3.63) is 127 Å². The Morgan fingerprint density at radius 1 is 0.796 bits per heavy atom. The molecule has 2 heterocycles. The average molecular weight is 766 g/mol. The molecule has 0 N–H and O–H groups in total. The fraction of sp³-hybridized carbons (Fsp3) is 0.386. The van der Waals surface area contributed by atoms with E-state index < -0.39 is 8.07 Å². The quantitative estimate of drug-likeness (QED) is 0.227. The fourth-order valence-electron chi connectivity index (χ4n) is 7.39. The van der Waals surface area contributed by atoms with Crippen molar-refractivity contribution in [2.75, 3.05) is 0 Å². The Hall–Kier alpha value is -2.52. The summed E-state index contributed by atoms with van der Waals surface area (Å²) in [6.07, 6.45) is 6.82. The number of nitrogens with zero attached hydrogens (tertiary/aromatic N) is 1. The van der Waals surface area contributed by atoms with Gasteiger partial charge in [-0.15, -0.1) is 5.75 Å². The van der Waals surface area contributed by atoms with Crippen molar-refractivity contribution in [1.29, 1.82) is 0 Å². The number of allylic oxidation sites excluding steroid dienone is 5. The van der Waals surface area contributed by atoms with Gasteiger partial charge in [-0.3, -0.25) is 4.99 Å². The Balaban J connectivity index is 0.000000149. The van der Waals surface area contributed by atoms with Crippen LogP contribution in [-0.2, 0) is 41.0 Å². The molecule has 3 aromatic rings. The van der Waals surface area contributed by atoms with Crippen LogP contribution in [0.5, 0.6) is 5.75 Å². The van der Waals surface area contributed by atoms with E-state index in [0.717, 1.165) is 11.1 Å². The van der Waals surface area contributed by atoms with Crippen molar-refractivity contribution in [3.8, 4) is 16.9 Å². The maximum Gasteiger partial charge on any atom is 0.116 e. The van der Waals surface area contributed by atoms with Gasteiger partial charge in [-0.05, 0) is 45.3 Å². The molecular weight excluding hydrogens is 713 g/mol. The molecule has 0 amide bonds. The Morgan fingerprint density at radius 2 is 1.43 bits per heavy atom. The van der Waals surface area contributed by atoms with Gasteiger partial charge in [0.05, 0.1) is 5.70 Å². The number of hydrogen-bond donors (Lipinski definition) is 0. The van der Waals surface area contributed by atoms with Crippen LogP contribution in [0.1, 0.15) is 108 Å². The van der Waals surface area contributed by atoms with Crippen molar-refractivity contribution in [2.24, 2.45) is 4.99 Å². The smallest absolute Gasteiger partial charge is 0.116 e. The van der Waals surface area contributed by atoms with Gasteiger partial charge < -0.3 is 5.11 Å². The van der Waals surface area contributed by atoms with Crippen LogP contribution < -0.4 is 5.11 Å². The standard InChI is InChI=1S/C20H21.C14H21ClO.C10H11NSi.Zr/c1-14-12-16-6-5-7-18(19(16)13-14)15-8-10-17(11-9-15)20(2,3)4;1-13(2,3)9-7-8-10(16)11(12(9)15)14(4,5)6;1-6-10-9-7(11-6)4-5-8(9)12(10,2)3;/h5-13H,1-4H3;7-8,16H,1-6H3;4-5H,1-3H3;/q;;;+1/p-1. The molecule has 0 bridgehead atoms. The number of fused-ring (bicyclic) bond motifs is 1. The molecule has 2 aliphatic carbocycles. The number of aliphatic imine (C=N–C) groups is 1. The van der Waals surface area contributed by atoms with Crippen LogP contribution in [0.3, 0.4) is 0 Å². The van der Waals surface area contributed by atoms with Gasteiger partial charge in [0.15, 0.2) is 0 Å². The first kappa shape index (κ1) is 37.7. The Labute approximate surface area is 317 Å². The van der Waals surface area contributed by atoms with Gasteiger partial charge in [-0.25, -0.2) is 0 Å². The van der Waals surface area contributed by atoms with E-state index in [1.54, 1.807) is 41.2 Å². The van der Waals surface area contributed by atoms with Crippen LogP contribution in [0, 0.1) is 0 Å². The summed E-state index contributed by atoms with van der Waals surface area (Å²) in [5.41, 5.74) is 14.3. The molecule has 0 aromatic heterocycles. The molecular formula is C44H52ClNOSiZr. The van der Waals surface area contributed by atoms with Gasteiger partial charge >= 0.3 is 143 Å². The minimum Gasteiger partial charge on any atom is -0.253 e. The number of hydrogen-bond acceptors (Lipinski definition) is 2. The van der Waals surface area contributed by atoms with E-state index in [-0.39, 0.29) is 22.0 Å². The van der Waals surface area contributed by atoms with Crippen molar-refractivity contribution < 1.29 is 29.8 Å². The second-order valence-electron chi connectivity index (χ2n) is 17.5. The summed E-state index contributed by atoms with van der Waals surface area (Å²) in [5, 5.41) is 15.7. The molecule has 2 aliphatic heterocycles. The third kappa shape index (κ3) is 7.17. The first-order valence-corrected chi connectivity index (χ1v) is 22.2. The van der Waals surface area contributed by atoms with E-state index >= 15 is 0 Å². The monoisotopic (exact) mass is 763 g/mol. The molecule has 0 saturated carbocycles. The van der Waals surface area contributed by atoms with Crippen LogP contribution in [0.2, 0.25) is 18.1 Å². The Bertz CT molecular complexity index is 1970. The van der Waals surface area contributed by atoms with Crippen molar-refractivity contribution >= 4 is 31.5 Å². The predicted octanol–water partition coefficient (Wildman–Crippen LogP) is 12.0. The summed E-state index contributed by atoms with van der Waals surface area (Å²) >= 11 is 7.97. The van der Waals surface area contributed by atoms with E-state index in [2.05, 4.69) is 134 Å². The van der Waals surface area contributed by atoms with Crippen LogP contribution in [0.15, 0.2) is 99.0 Å². The van der Waals surface area contributed by atoms with Gasteiger partial charge in [0.1, 0.15) is 8.07 Å². The minimum atomic E-state index is -1.17. The Kier molecular flexibility index (Phi) is 10.2. The topological polar surface area (TPSA) is 35.4 Å². The van der Waals surface area contributed by atoms with Crippen molar-refractivity contribution in [3.63, 3.8) is 0 Å². The van der Waals surface area contributed by atoms with Crippen LogP contribution in [-0.4, -0.2) is 13.8 Å². The van der Waals surface area contributed by atoms with Crippen LogP contribution in [0.25, 0.3) is 17.2 Å². The third-order valence-corrected chi connectivity index (χ3v) is 16.0. The van der Waals surface area contributed by atoms with E-state index in [1.807, 2.05) is 26.8 Å². The summed E-state index contributed by atoms with van der Waals surface area (Å²) in [4.78, 5) is 4.56. The molecule has 1 unspecified atom stereocenters. The molecule has 0 spiro atoms. The molecule has 0 saturated heterocycles. The number of rotatable bonds is 1. The second-order valence-corrected chi connectivity index (χ2v) is 23.5. The molecule has 254 valence electrons. The first-order valence-electron chi connectivity index (χ1n) is 17.4. The summed E-state index contributed by atoms with van der Waals surface area (Å²) in [5.74, 6) is 0.0329. The van der Waals surface area contributed by atoms with Gasteiger partial charge in [0, 0.05) is 16.3 Å². The Morgan fingerprint density at radius 3 is 2.00 bits per heavy atom. The summed E-state index contributed by atoms with van der Waals surface area (Å²) in [6, 6.07) is 19.3. The van der Waals surface area contributed by atoms with Gasteiger partial charge in [-0.2, -0.15) is 0 Å². The van der Waals surface area contributed by atoms with Gasteiger partial charge in [-0.1, -0.05) is 84.4 Å². The van der Waals surface area contributed by atoms with Crippen LogP contribution in [0.4, 0.5) is 0 Å².